The fraction of sp³-hybridized carbons (Fsp3) is 0.316. The zero-order chi connectivity index (χ0) is 16.2. The van der Waals surface area contributed by atoms with Gasteiger partial charge in [-0.2, -0.15) is 0 Å². The van der Waals surface area contributed by atoms with Gasteiger partial charge in [0.1, 0.15) is 0 Å². The lowest BCUT2D eigenvalue weighted by atomic mass is 10.1. The zero-order valence-corrected chi connectivity index (χ0v) is 15.9. The van der Waals surface area contributed by atoms with Crippen molar-refractivity contribution >= 4 is 42.1 Å². The number of rotatable bonds is 4. The first-order chi connectivity index (χ1) is 11.1. The molecule has 2 aromatic rings. The van der Waals surface area contributed by atoms with Crippen molar-refractivity contribution in [3.63, 3.8) is 0 Å². The molecular weight excluding hydrogens is 357 g/mol. The van der Waals surface area contributed by atoms with Crippen LogP contribution in [0.25, 0.3) is 0 Å². The number of nitrogens with two attached hydrogens (primary N) is 1. The third kappa shape index (κ3) is 5.28. The first-order valence-electron chi connectivity index (χ1n) is 8.08. The molecule has 0 aromatic heterocycles. The second-order valence-electron chi connectivity index (χ2n) is 6.22. The number of halogens is 2. The van der Waals surface area contributed by atoms with Crippen LogP contribution in [0.1, 0.15) is 22.3 Å². The first-order valence-corrected chi connectivity index (χ1v) is 8.08. The lowest BCUT2D eigenvalue weighted by molar-refractivity contribution is 0.0947. The fourth-order valence-corrected chi connectivity index (χ4v) is 3.09. The van der Waals surface area contributed by atoms with Gasteiger partial charge in [0, 0.05) is 36.6 Å². The minimum absolute atomic E-state index is 0. The number of hydrogen-bond donors (Lipinski definition) is 2. The van der Waals surface area contributed by atoms with Crippen LogP contribution in [-0.4, -0.2) is 25.5 Å². The van der Waals surface area contributed by atoms with E-state index in [1.54, 1.807) is 6.07 Å². The van der Waals surface area contributed by atoms with E-state index in [-0.39, 0.29) is 30.7 Å². The molecule has 0 aliphatic carbocycles. The molecule has 1 aliphatic heterocycles. The van der Waals surface area contributed by atoms with E-state index in [1.807, 2.05) is 25.1 Å². The number of carbonyl (C=O) groups excluding carboxylic acids is 1. The minimum atomic E-state index is -0.0343. The first kappa shape index (κ1) is 21.1. The van der Waals surface area contributed by atoms with Gasteiger partial charge in [-0.3, -0.25) is 4.79 Å². The summed E-state index contributed by atoms with van der Waals surface area (Å²) in [6.07, 6.45) is 1.10. The number of nitrogens with zero attached hydrogens (tertiary/aromatic N) is 1. The van der Waals surface area contributed by atoms with E-state index in [0.29, 0.717) is 23.7 Å². The van der Waals surface area contributed by atoms with Gasteiger partial charge in [-0.25, -0.2) is 0 Å². The second kappa shape index (κ2) is 9.54. The molecule has 0 spiro atoms. The highest BCUT2D eigenvalue weighted by atomic mass is 35.5. The van der Waals surface area contributed by atoms with E-state index in [4.69, 9.17) is 5.73 Å². The Kier molecular flexibility index (Phi) is 8.07. The van der Waals surface area contributed by atoms with Gasteiger partial charge in [0.05, 0.1) is 0 Å². The van der Waals surface area contributed by atoms with Crippen molar-refractivity contribution in [2.45, 2.75) is 13.3 Å². The van der Waals surface area contributed by atoms with Gasteiger partial charge in [0.15, 0.2) is 0 Å². The van der Waals surface area contributed by atoms with Crippen LogP contribution in [0.2, 0.25) is 0 Å². The predicted octanol–water partition coefficient (Wildman–Crippen LogP) is 3.68. The van der Waals surface area contributed by atoms with Gasteiger partial charge < -0.3 is 16.0 Å². The average molecular weight is 382 g/mol. The summed E-state index contributed by atoms with van der Waals surface area (Å²) in [7, 11) is 0. The third-order valence-electron chi connectivity index (χ3n) is 4.46. The quantitative estimate of drug-likeness (QED) is 0.794. The van der Waals surface area contributed by atoms with Gasteiger partial charge in [0.2, 0.25) is 0 Å². The molecule has 0 saturated carbocycles. The summed E-state index contributed by atoms with van der Waals surface area (Å²) >= 11 is 0. The molecule has 1 saturated heterocycles. The summed E-state index contributed by atoms with van der Waals surface area (Å²) in [5.74, 6) is 0.452. The van der Waals surface area contributed by atoms with Crippen molar-refractivity contribution in [3.05, 3.63) is 59.7 Å². The number of aryl methyl sites for hydroxylation is 1. The number of para-hydroxylation sites is 1. The maximum Gasteiger partial charge on any atom is 0.251 e. The number of nitrogens with one attached hydrogen (secondary N) is 1. The molecule has 1 fully saturated rings. The summed E-state index contributed by atoms with van der Waals surface area (Å²) in [5, 5.41) is 3.06. The van der Waals surface area contributed by atoms with Crippen LogP contribution in [0.4, 0.5) is 11.4 Å². The molecule has 6 heteroatoms. The zero-order valence-electron chi connectivity index (χ0n) is 14.3. The highest BCUT2D eigenvalue weighted by Gasteiger charge is 2.23. The normalized spacial score (nSPS) is 15.9. The Morgan fingerprint density at radius 2 is 1.92 bits per heavy atom. The lowest BCUT2D eigenvalue weighted by Crippen LogP contribution is -2.31. The summed E-state index contributed by atoms with van der Waals surface area (Å²) < 4.78 is 0. The third-order valence-corrected chi connectivity index (χ3v) is 4.46. The SMILES string of the molecule is Cc1ccc(N)cc1C(=O)NCC1CCN(c2ccccc2)C1.Cl.Cl. The smallest absolute Gasteiger partial charge is 0.251 e. The van der Waals surface area contributed by atoms with E-state index in [9.17, 15) is 4.79 Å². The van der Waals surface area contributed by atoms with Crippen LogP contribution in [0.15, 0.2) is 48.5 Å². The standard InChI is InChI=1S/C19H23N3O.2ClH/c1-14-7-8-16(20)11-18(14)19(23)21-12-15-9-10-22(13-15)17-5-3-2-4-6-17;;/h2-8,11,15H,9-10,12-13,20H2,1H3,(H,21,23);2*1H. The number of anilines is 2. The molecule has 3 rings (SSSR count). The average Bonchev–Trinajstić information content (AvgIpc) is 3.05. The molecule has 1 atom stereocenters. The molecule has 1 heterocycles. The van der Waals surface area contributed by atoms with Crippen LogP contribution in [0, 0.1) is 12.8 Å². The summed E-state index contributed by atoms with van der Waals surface area (Å²) in [5.41, 5.74) is 9.28. The van der Waals surface area contributed by atoms with E-state index in [1.165, 1.54) is 5.69 Å². The van der Waals surface area contributed by atoms with Crippen LogP contribution < -0.4 is 16.0 Å². The monoisotopic (exact) mass is 381 g/mol. The molecule has 4 nitrogen and oxygen atoms in total. The molecule has 1 amide bonds. The molecule has 136 valence electrons. The highest BCUT2D eigenvalue weighted by Crippen LogP contribution is 2.23. The molecule has 0 bridgehead atoms. The maximum absolute atomic E-state index is 12.3. The molecule has 2 aromatic carbocycles. The highest BCUT2D eigenvalue weighted by molar-refractivity contribution is 5.96. The molecule has 1 unspecified atom stereocenters. The molecule has 1 aliphatic rings. The molecule has 3 N–H and O–H groups in total. The summed E-state index contributed by atoms with van der Waals surface area (Å²) in [6.45, 7) is 4.67. The Labute approximate surface area is 161 Å². The van der Waals surface area contributed by atoms with E-state index < -0.39 is 0 Å². The van der Waals surface area contributed by atoms with Crippen molar-refractivity contribution in [3.8, 4) is 0 Å². The Balaban J connectivity index is 0.00000156. The van der Waals surface area contributed by atoms with Gasteiger partial charge in [-0.05, 0) is 49.1 Å². The molecule has 0 radical (unpaired) electrons. The Morgan fingerprint density at radius 1 is 1.20 bits per heavy atom. The van der Waals surface area contributed by atoms with E-state index in [0.717, 1.165) is 25.1 Å². The number of carbonyl (C=O) groups is 1. The van der Waals surface area contributed by atoms with Crippen LogP contribution in [0.5, 0.6) is 0 Å². The minimum Gasteiger partial charge on any atom is -0.399 e. The van der Waals surface area contributed by atoms with E-state index in [2.05, 4.69) is 34.5 Å². The van der Waals surface area contributed by atoms with Crippen LogP contribution >= 0.6 is 24.8 Å². The second-order valence-corrected chi connectivity index (χ2v) is 6.22. The predicted molar refractivity (Wildman–Crippen MR) is 109 cm³/mol. The van der Waals surface area contributed by atoms with Crippen molar-refractivity contribution in [2.24, 2.45) is 5.92 Å². The van der Waals surface area contributed by atoms with Crippen molar-refractivity contribution < 1.29 is 4.79 Å². The fourth-order valence-electron chi connectivity index (χ4n) is 3.09. The Hall–Kier alpha value is -1.91. The van der Waals surface area contributed by atoms with Crippen molar-refractivity contribution in [1.29, 1.82) is 0 Å². The molecule has 25 heavy (non-hydrogen) atoms. The van der Waals surface area contributed by atoms with E-state index >= 15 is 0 Å². The summed E-state index contributed by atoms with van der Waals surface area (Å²) in [6, 6.07) is 15.9. The molecular formula is C19H25Cl2N3O. The van der Waals surface area contributed by atoms with Gasteiger partial charge in [0.25, 0.3) is 5.91 Å². The van der Waals surface area contributed by atoms with Crippen molar-refractivity contribution in [2.75, 3.05) is 30.3 Å². The Morgan fingerprint density at radius 3 is 2.64 bits per heavy atom. The van der Waals surface area contributed by atoms with Crippen molar-refractivity contribution in [1.82, 2.24) is 5.32 Å². The van der Waals surface area contributed by atoms with Gasteiger partial charge in [-0.15, -0.1) is 24.8 Å². The van der Waals surface area contributed by atoms with Gasteiger partial charge >= 0.3 is 0 Å². The lowest BCUT2D eigenvalue weighted by Gasteiger charge is -2.18. The Bertz CT molecular complexity index is 694. The van der Waals surface area contributed by atoms with Crippen LogP contribution in [-0.2, 0) is 0 Å². The van der Waals surface area contributed by atoms with Gasteiger partial charge in [-0.1, -0.05) is 24.3 Å². The number of hydrogen-bond acceptors (Lipinski definition) is 3. The summed E-state index contributed by atoms with van der Waals surface area (Å²) in [4.78, 5) is 14.7. The number of benzene rings is 2. The maximum atomic E-state index is 12.3. The number of amides is 1. The largest absolute Gasteiger partial charge is 0.399 e. The topological polar surface area (TPSA) is 58.4 Å². The van der Waals surface area contributed by atoms with Crippen LogP contribution in [0.3, 0.4) is 0 Å². The number of nitrogen functional groups attached to an aromatic ring is 1.